The Kier molecular flexibility index (Phi) is 5.88. The molecule has 0 fully saturated rings. The van der Waals surface area contributed by atoms with Crippen LogP contribution in [0.4, 0.5) is 16.5 Å². The molecule has 4 rings (SSSR count). The van der Waals surface area contributed by atoms with E-state index < -0.39 is 0 Å². The first-order valence-corrected chi connectivity index (χ1v) is 10.3. The van der Waals surface area contributed by atoms with Crippen LogP contribution in [0.3, 0.4) is 0 Å². The van der Waals surface area contributed by atoms with Crippen LogP contribution < -0.4 is 10.6 Å². The molecular weight excluding hydrogens is 418 g/mol. The highest BCUT2D eigenvalue weighted by Gasteiger charge is 2.16. The Morgan fingerprint density at radius 1 is 0.867 bits per heavy atom. The molecule has 0 aliphatic heterocycles. The van der Waals surface area contributed by atoms with Crippen LogP contribution in [-0.4, -0.2) is 16.7 Å². The molecule has 0 spiro atoms. The molecule has 4 aromatic rings. The lowest BCUT2D eigenvalue weighted by atomic mass is 10.1. The standard InChI is InChI=1S/C23H16ClN3O2S/c24-19-12-5-4-11-18(19)21(28)20-14-25-23(30-20)27-17-10-6-9-16(13-17)26-22(29)15-7-2-1-3-8-15/h1-14H,(H,25,27)(H,26,29). The van der Waals surface area contributed by atoms with Gasteiger partial charge < -0.3 is 10.6 Å². The second-order valence-electron chi connectivity index (χ2n) is 6.36. The molecule has 2 N–H and O–H groups in total. The van der Waals surface area contributed by atoms with Crippen molar-refractivity contribution in [1.82, 2.24) is 4.98 Å². The van der Waals surface area contributed by atoms with Crippen LogP contribution in [0.15, 0.2) is 85.1 Å². The van der Waals surface area contributed by atoms with Crippen molar-refractivity contribution in [2.24, 2.45) is 0 Å². The van der Waals surface area contributed by atoms with Crippen molar-refractivity contribution in [1.29, 1.82) is 0 Å². The normalized spacial score (nSPS) is 10.4. The highest BCUT2D eigenvalue weighted by molar-refractivity contribution is 7.17. The zero-order valence-corrected chi connectivity index (χ0v) is 17.2. The second kappa shape index (κ2) is 8.90. The van der Waals surface area contributed by atoms with Gasteiger partial charge in [0.2, 0.25) is 5.78 Å². The molecule has 0 unspecified atom stereocenters. The maximum absolute atomic E-state index is 12.7. The van der Waals surface area contributed by atoms with E-state index in [0.29, 0.717) is 31.8 Å². The molecule has 0 aliphatic carbocycles. The molecule has 7 heteroatoms. The minimum atomic E-state index is -0.186. The van der Waals surface area contributed by atoms with Crippen molar-refractivity contribution in [3.05, 3.63) is 106 Å². The van der Waals surface area contributed by atoms with Gasteiger partial charge in [-0.2, -0.15) is 0 Å². The Morgan fingerprint density at radius 2 is 1.60 bits per heavy atom. The summed E-state index contributed by atoms with van der Waals surface area (Å²) in [6.45, 7) is 0. The van der Waals surface area contributed by atoms with Gasteiger partial charge in [-0.15, -0.1) is 0 Å². The number of halogens is 1. The van der Waals surface area contributed by atoms with Gasteiger partial charge in [0.15, 0.2) is 5.13 Å². The first-order valence-electron chi connectivity index (χ1n) is 9.09. The number of rotatable bonds is 6. The highest BCUT2D eigenvalue weighted by Crippen LogP contribution is 2.27. The number of nitrogens with zero attached hydrogens (tertiary/aromatic N) is 1. The molecule has 148 valence electrons. The monoisotopic (exact) mass is 433 g/mol. The van der Waals surface area contributed by atoms with Crippen LogP contribution in [0.2, 0.25) is 5.02 Å². The summed E-state index contributed by atoms with van der Waals surface area (Å²) < 4.78 is 0. The number of nitrogens with one attached hydrogen (secondary N) is 2. The molecule has 5 nitrogen and oxygen atoms in total. The molecule has 0 saturated heterocycles. The van der Waals surface area contributed by atoms with Crippen LogP contribution in [0.1, 0.15) is 25.6 Å². The lowest BCUT2D eigenvalue weighted by Gasteiger charge is -2.08. The first-order chi connectivity index (χ1) is 14.6. The minimum absolute atomic E-state index is 0.171. The Hall–Kier alpha value is -3.48. The summed E-state index contributed by atoms with van der Waals surface area (Å²) in [6, 6.07) is 23.2. The summed E-state index contributed by atoms with van der Waals surface area (Å²) in [6.07, 6.45) is 1.53. The average molecular weight is 434 g/mol. The van der Waals surface area contributed by atoms with E-state index in [1.165, 1.54) is 17.5 Å². The largest absolute Gasteiger partial charge is 0.331 e. The summed E-state index contributed by atoms with van der Waals surface area (Å²) in [4.78, 5) is 29.8. The topological polar surface area (TPSA) is 71.1 Å². The average Bonchev–Trinajstić information content (AvgIpc) is 3.23. The quantitative estimate of drug-likeness (QED) is 0.364. The Balaban J connectivity index is 1.47. The van der Waals surface area contributed by atoms with E-state index in [1.807, 2.05) is 30.3 Å². The lowest BCUT2D eigenvalue weighted by molar-refractivity contribution is 0.102. The van der Waals surface area contributed by atoms with Crippen molar-refractivity contribution in [3.63, 3.8) is 0 Å². The van der Waals surface area contributed by atoms with Gasteiger partial charge in [0.05, 0.1) is 16.1 Å². The smallest absolute Gasteiger partial charge is 0.255 e. The van der Waals surface area contributed by atoms with Gasteiger partial charge >= 0.3 is 0 Å². The van der Waals surface area contributed by atoms with Crippen molar-refractivity contribution in [2.45, 2.75) is 0 Å². The maximum atomic E-state index is 12.7. The molecular formula is C23H16ClN3O2S. The number of carbonyl (C=O) groups excluding carboxylic acids is 2. The molecule has 1 aromatic heterocycles. The van der Waals surface area contributed by atoms with Gasteiger partial charge in [-0.25, -0.2) is 4.98 Å². The number of hydrogen-bond donors (Lipinski definition) is 2. The zero-order valence-electron chi connectivity index (χ0n) is 15.6. The van der Waals surface area contributed by atoms with Gasteiger partial charge in [-0.05, 0) is 42.5 Å². The number of carbonyl (C=O) groups is 2. The second-order valence-corrected chi connectivity index (χ2v) is 7.80. The SMILES string of the molecule is O=C(Nc1cccc(Nc2ncc(C(=O)c3ccccc3Cl)s2)c1)c1ccccc1. The maximum Gasteiger partial charge on any atom is 0.255 e. The van der Waals surface area contributed by atoms with Crippen LogP contribution in [0.5, 0.6) is 0 Å². The first kappa shape index (κ1) is 19.8. The van der Waals surface area contributed by atoms with Crippen LogP contribution in [-0.2, 0) is 0 Å². The van der Waals surface area contributed by atoms with Crippen molar-refractivity contribution >= 4 is 51.1 Å². The van der Waals surface area contributed by atoms with E-state index in [-0.39, 0.29) is 11.7 Å². The van der Waals surface area contributed by atoms with Crippen LogP contribution >= 0.6 is 22.9 Å². The number of hydrogen-bond acceptors (Lipinski definition) is 5. The predicted molar refractivity (Wildman–Crippen MR) is 121 cm³/mol. The fourth-order valence-electron chi connectivity index (χ4n) is 2.81. The van der Waals surface area contributed by atoms with Crippen molar-refractivity contribution in [2.75, 3.05) is 10.6 Å². The molecule has 0 atom stereocenters. The summed E-state index contributed by atoms with van der Waals surface area (Å²) in [5.74, 6) is -0.357. The van der Waals surface area contributed by atoms with E-state index >= 15 is 0 Å². The summed E-state index contributed by atoms with van der Waals surface area (Å²) in [7, 11) is 0. The van der Waals surface area contributed by atoms with E-state index in [9.17, 15) is 9.59 Å². The van der Waals surface area contributed by atoms with Gasteiger partial charge in [-0.3, -0.25) is 9.59 Å². The molecule has 3 aromatic carbocycles. The van der Waals surface area contributed by atoms with E-state index in [1.54, 1.807) is 48.5 Å². The Bertz CT molecular complexity index is 1210. The van der Waals surface area contributed by atoms with Gasteiger partial charge in [0.1, 0.15) is 0 Å². The number of ketones is 1. The van der Waals surface area contributed by atoms with E-state index in [0.717, 1.165) is 5.69 Å². The van der Waals surface area contributed by atoms with Crippen molar-refractivity contribution in [3.8, 4) is 0 Å². The number of thiazole rings is 1. The van der Waals surface area contributed by atoms with E-state index in [4.69, 9.17) is 11.6 Å². The minimum Gasteiger partial charge on any atom is -0.331 e. The third kappa shape index (κ3) is 4.56. The molecule has 0 bridgehead atoms. The van der Waals surface area contributed by atoms with Crippen molar-refractivity contribution < 1.29 is 9.59 Å². The molecule has 1 heterocycles. The Labute approximate surface area is 182 Å². The van der Waals surface area contributed by atoms with Gasteiger partial charge in [0.25, 0.3) is 5.91 Å². The van der Waals surface area contributed by atoms with Gasteiger partial charge in [-0.1, -0.05) is 59.3 Å². The fraction of sp³-hybridized carbons (Fsp3) is 0. The zero-order chi connectivity index (χ0) is 20.9. The Morgan fingerprint density at radius 3 is 2.40 bits per heavy atom. The lowest BCUT2D eigenvalue weighted by Crippen LogP contribution is -2.11. The molecule has 0 aliphatic rings. The molecule has 30 heavy (non-hydrogen) atoms. The number of benzene rings is 3. The summed E-state index contributed by atoms with van der Waals surface area (Å²) >= 11 is 7.36. The van der Waals surface area contributed by atoms with Gasteiger partial charge in [0, 0.05) is 22.5 Å². The van der Waals surface area contributed by atoms with Crippen LogP contribution in [0, 0.1) is 0 Å². The fourth-order valence-corrected chi connectivity index (χ4v) is 3.82. The number of aromatic nitrogens is 1. The highest BCUT2D eigenvalue weighted by atomic mass is 35.5. The summed E-state index contributed by atoms with van der Waals surface area (Å²) in [5, 5.41) is 7.02. The third-order valence-electron chi connectivity index (χ3n) is 4.26. The van der Waals surface area contributed by atoms with E-state index in [2.05, 4.69) is 15.6 Å². The number of amides is 1. The molecule has 1 amide bonds. The summed E-state index contributed by atoms with van der Waals surface area (Å²) in [5.41, 5.74) is 2.42. The molecule has 0 saturated carbocycles. The van der Waals surface area contributed by atoms with Crippen LogP contribution in [0.25, 0.3) is 0 Å². The predicted octanol–water partition coefficient (Wildman–Crippen LogP) is 6.02. The number of anilines is 3. The third-order valence-corrected chi connectivity index (χ3v) is 5.50. The molecule has 0 radical (unpaired) electrons.